The van der Waals surface area contributed by atoms with E-state index in [1.807, 2.05) is 5.01 Å². The lowest BCUT2D eigenvalue weighted by atomic mass is 10.1. The maximum atomic E-state index is 13.9. The van der Waals surface area contributed by atoms with E-state index in [1.165, 1.54) is 34.2 Å². The van der Waals surface area contributed by atoms with Crippen LogP contribution in [0.5, 0.6) is 0 Å². The lowest BCUT2D eigenvalue weighted by Gasteiger charge is -2.31. The Morgan fingerprint density at radius 3 is 2.31 bits per heavy atom. The van der Waals surface area contributed by atoms with Crippen molar-refractivity contribution in [3.63, 3.8) is 0 Å². The van der Waals surface area contributed by atoms with Gasteiger partial charge >= 0.3 is 6.18 Å². The summed E-state index contributed by atoms with van der Waals surface area (Å²) in [6.07, 6.45) is -4.23. The molecule has 2 saturated heterocycles. The maximum Gasteiger partial charge on any atom is 0.416 e. The van der Waals surface area contributed by atoms with Crippen LogP contribution in [0.15, 0.2) is 54.6 Å². The number of aromatic nitrogens is 2. The minimum Gasteiger partial charge on any atom is -0.371 e. The highest BCUT2D eigenvalue weighted by atomic mass is 35.5. The number of thiophene rings is 1. The highest BCUT2D eigenvalue weighted by Gasteiger charge is 2.38. The van der Waals surface area contributed by atoms with E-state index in [-0.39, 0.29) is 35.9 Å². The monoisotopic (exact) mass is 802 g/mol. The van der Waals surface area contributed by atoms with Gasteiger partial charge in [0.25, 0.3) is 16.1 Å². The number of piperidine rings is 2. The third-order valence-electron chi connectivity index (χ3n) is 8.68. The predicted octanol–water partition coefficient (Wildman–Crippen LogP) is 7.37. The molecule has 18 heteroatoms. The van der Waals surface area contributed by atoms with Crippen molar-refractivity contribution < 1.29 is 35.5 Å². The molecule has 3 N–H and O–H groups in total. The molecule has 278 valence electrons. The molecule has 4 aromatic rings. The van der Waals surface area contributed by atoms with Crippen molar-refractivity contribution in [2.75, 3.05) is 26.2 Å². The minimum atomic E-state index is -4.48. The largest absolute Gasteiger partial charge is 0.416 e. The molecule has 6 rings (SSSR count). The highest BCUT2D eigenvalue weighted by Crippen LogP contribution is 2.38. The lowest BCUT2D eigenvalue weighted by molar-refractivity contribution is -0.137. The smallest absolute Gasteiger partial charge is 0.371 e. The number of benzene rings is 2. The molecule has 0 radical (unpaired) electrons. The van der Waals surface area contributed by atoms with Gasteiger partial charge in [0.2, 0.25) is 0 Å². The standard InChI is InChI=1S/C34H33Cl2F5N6O3S2/c35-24-9-12-28(27(36)20-24)47-31(29-13-11-25(51-29)10-6-22-4-7-23(8-5-22)34(39,40)41)26(30(43-47)32(48)44-45-16-2-1-3-17-45)21-42-52(49,50)46-18-14-33(37,38)15-19-46/h4-5,7-9,11-13,20,32,42,44,48H,1-3,14-19,21H2. The molecule has 0 bridgehead atoms. The van der Waals surface area contributed by atoms with Crippen LogP contribution in [0.3, 0.4) is 0 Å². The Hall–Kier alpha value is -3.11. The summed E-state index contributed by atoms with van der Waals surface area (Å²) in [5, 5.41) is 18.8. The van der Waals surface area contributed by atoms with Crippen molar-refractivity contribution in [2.45, 2.75) is 57.0 Å². The Balaban J connectivity index is 1.41. The normalized spacial score (nSPS) is 17.8. The number of hydrogen-bond acceptors (Lipinski definition) is 7. The molecule has 52 heavy (non-hydrogen) atoms. The molecule has 1 atom stereocenters. The van der Waals surface area contributed by atoms with E-state index in [1.54, 1.807) is 24.3 Å². The van der Waals surface area contributed by atoms with Crippen LogP contribution in [0, 0.1) is 11.8 Å². The van der Waals surface area contributed by atoms with Crippen LogP contribution in [-0.2, 0) is 22.9 Å². The van der Waals surface area contributed by atoms with Gasteiger partial charge in [-0.1, -0.05) is 41.5 Å². The van der Waals surface area contributed by atoms with Crippen LogP contribution in [-0.4, -0.2) is 64.7 Å². The van der Waals surface area contributed by atoms with Crippen molar-refractivity contribution in [3.05, 3.63) is 91.9 Å². The van der Waals surface area contributed by atoms with E-state index < -0.39 is 46.9 Å². The highest BCUT2D eigenvalue weighted by molar-refractivity contribution is 7.87. The second-order valence-corrected chi connectivity index (χ2v) is 16.1. The number of rotatable bonds is 9. The first-order chi connectivity index (χ1) is 24.6. The Bertz CT molecular complexity index is 2060. The van der Waals surface area contributed by atoms with Gasteiger partial charge in [-0.25, -0.2) is 23.9 Å². The predicted molar refractivity (Wildman–Crippen MR) is 189 cm³/mol. The zero-order valence-corrected chi connectivity index (χ0v) is 30.5. The first kappa shape index (κ1) is 38.6. The summed E-state index contributed by atoms with van der Waals surface area (Å²) in [5.41, 5.74) is 3.73. The molecular formula is C34H33Cl2F5N6O3S2. The summed E-state index contributed by atoms with van der Waals surface area (Å²) in [7, 11) is -4.25. The number of hydrazine groups is 1. The van der Waals surface area contributed by atoms with Gasteiger partial charge in [0.05, 0.1) is 31.7 Å². The van der Waals surface area contributed by atoms with Crippen LogP contribution >= 0.6 is 34.5 Å². The molecule has 0 spiro atoms. The van der Waals surface area contributed by atoms with Crippen molar-refractivity contribution >= 4 is 44.7 Å². The van der Waals surface area contributed by atoms with Crippen molar-refractivity contribution in [1.29, 1.82) is 0 Å². The zero-order valence-electron chi connectivity index (χ0n) is 27.4. The number of aliphatic hydroxyl groups excluding tert-OH is 1. The van der Waals surface area contributed by atoms with Gasteiger partial charge in [0.1, 0.15) is 5.69 Å². The van der Waals surface area contributed by atoms with Gasteiger partial charge in [-0.3, -0.25) is 0 Å². The average molecular weight is 804 g/mol. The number of halogens is 7. The van der Waals surface area contributed by atoms with Gasteiger partial charge in [-0.05, 0) is 67.4 Å². The van der Waals surface area contributed by atoms with Crippen LogP contribution in [0.1, 0.15) is 65.6 Å². The lowest BCUT2D eigenvalue weighted by Crippen LogP contribution is -2.47. The summed E-state index contributed by atoms with van der Waals surface area (Å²) in [5.74, 6) is 2.87. The molecule has 0 aliphatic carbocycles. The van der Waals surface area contributed by atoms with Gasteiger partial charge in [0, 0.05) is 61.7 Å². The Morgan fingerprint density at radius 1 is 0.962 bits per heavy atom. The number of alkyl halides is 5. The molecule has 2 fully saturated rings. The van der Waals surface area contributed by atoms with Crippen molar-refractivity contribution in [3.8, 4) is 28.1 Å². The van der Waals surface area contributed by atoms with E-state index in [9.17, 15) is 35.5 Å². The van der Waals surface area contributed by atoms with Gasteiger partial charge in [-0.15, -0.1) is 11.3 Å². The molecule has 2 aromatic carbocycles. The van der Waals surface area contributed by atoms with Crippen LogP contribution < -0.4 is 10.1 Å². The maximum absolute atomic E-state index is 13.9. The molecule has 2 aliphatic heterocycles. The first-order valence-corrected chi connectivity index (χ1v) is 19.3. The van der Waals surface area contributed by atoms with E-state index in [2.05, 4.69) is 22.0 Å². The minimum absolute atomic E-state index is 0.0882. The molecule has 0 saturated carbocycles. The van der Waals surface area contributed by atoms with Gasteiger partial charge < -0.3 is 5.11 Å². The second-order valence-electron chi connectivity index (χ2n) is 12.4. The second kappa shape index (κ2) is 15.7. The van der Waals surface area contributed by atoms with Crippen molar-refractivity contribution in [2.24, 2.45) is 0 Å². The fourth-order valence-electron chi connectivity index (χ4n) is 5.92. The number of nitrogens with one attached hydrogen (secondary N) is 2. The molecule has 1 unspecified atom stereocenters. The summed E-state index contributed by atoms with van der Waals surface area (Å²) in [4.78, 5) is 1.07. The fraction of sp³-hybridized carbons (Fsp3) is 0.382. The third kappa shape index (κ3) is 9.15. The molecule has 0 amide bonds. The zero-order chi connectivity index (χ0) is 37.3. The van der Waals surface area contributed by atoms with Gasteiger partial charge in [0.15, 0.2) is 6.23 Å². The summed E-state index contributed by atoms with van der Waals surface area (Å²) < 4.78 is 98.6. The summed E-state index contributed by atoms with van der Waals surface area (Å²) >= 11 is 14.1. The Labute approximate surface area is 311 Å². The summed E-state index contributed by atoms with van der Waals surface area (Å²) in [6.45, 7) is 0.218. The first-order valence-electron chi connectivity index (χ1n) is 16.3. The number of aliphatic hydroxyl groups is 1. The van der Waals surface area contributed by atoms with E-state index >= 15 is 0 Å². The fourth-order valence-corrected chi connectivity index (χ4v) is 8.49. The summed E-state index contributed by atoms with van der Waals surface area (Å²) in [6, 6.07) is 12.6. The van der Waals surface area contributed by atoms with Gasteiger partial charge in [-0.2, -0.15) is 35.7 Å². The molecule has 2 aromatic heterocycles. The number of hydrogen-bond donors (Lipinski definition) is 3. The van der Waals surface area contributed by atoms with Crippen LogP contribution in [0.2, 0.25) is 10.0 Å². The average Bonchev–Trinajstić information content (AvgIpc) is 3.71. The third-order valence-corrected chi connectivity index (χ3v) is 11.8. The molecule has 9 nitrogen and oxygen atoms in total. The van der Waals surface area contributed by atoms with Crippen molar-refractivity contribution in [1.82, 2.24) is 29.2 Å². The topological polar surface area (TPSA) is 103 Å². The molecular weight excluding hydrogens is 770 g/mol. The Morgan fingerprint density at radius 2 is 1.65 bits per heavy atom. The molecule has 2 aliphatic rings. The molecule has 4 heterocycles. The Kier molecular flexibility index (Phi) is 11.7. The van der Waals surface area contributed by atoms with Crippen LogP contribution in [0.4, 0.5) is 22.0 Å². The van der Waals surface area contributed by atoms with Crippen LogP contribution in [0.25, 0.3) is 16.3 Å². The van der Waals surface area contributed by atoms with E-state index in [4.69, 9.17) is 28.3 Å². The number of nitrogens with zero attached hydrogens (tertiary/aromatic N) is 4. The van der Waals surface area contributed by atoms with E-state index in [0.29, 0.717) is 44.8 Å². The quantitative estimate of drug-likeness (QED) is 0.0929. The van der Waals surface area contributed by atoms with E-state index in [0.717, 1.165) is 35.7 Å². The SMILES string of the molecule is O=S(=O)(NCc1c(C(O)NN2CCCCC2)nn(-c2ccc(Cl)cc2Cl)c1-c1ccc(C#Cc2ccc(C(F)(F)F)cc2)s1)N1CCC(F)(F)CC1.